The fourth-order valence-corrected chi connectivity index (χ4v) is 4.71. The van der Waals surface area contributed by atoms with E-state index in [0.717, 1.165) is 56.5 Å². The molecular formula is C25H34N4O2. The van der Waals surface area contributed by atoms with Crippen molar-refractivity contribution in [1.29, 1.82) is 0 Å². The lowest BCUT2D eigenvalue weighted by atomic mass is 9.84. The second-order valence-electron chi connectivity index (χ2n) is 8.72. The van der Waals surface area contributed by atoms with E-state index in [1.165, 1.54) is 25.8 Å². The molecule has 1 amide bonds. The summed E-state index contributed by atoms with van der Waals surface area (Å²) in [6.45, 7) is 5.53. The van der Waals surface area contributed by atoms with Crippen molar-refractivity contribution >= 4 is 11.7 Å². The van der Waals surface area contributed by atoms with Crippen LogP contribution < -0.4 is 15.0 Å². The highest BCUT2D eigenvalue weighted by Crippen LogP contribution is 2.27. The molecule has 1 aromatic carbocycles. The molecule has 1 saturated heterocycles. The summed E-state index contributed by atoms with van der Waals surface area (Å²) in [5.41, 5.74) is 0.702. The van der Waals surface area contributed by atoms with Gasteiger partial charge in [-0.15, -0.1) is 0 Å². The number of methoxy groups -OCH3 is 1. The van der Waals surface area contributed by atoms with Crippen molar-refractivity contribution in [2.24, 2.45) is 5.92 Å². The number of nitrogens with zero attached hydrogens (tertiary/aromatic N) is 3. The molecule has 31 heavy (non-hydrogen) atoms. The maximum absolute atomic E-state index is 12.5. The summed E-state index contributed by atoms with van der Waals surface area (Å²) < 4.78 is 5.16. The first kappa shape index (κ1) is 21.6. The van der Waals surface area contributed by atoms with E-state index in [9.17, 15) is 4.79 Å². The molecule has 0 bridgehead atoms. The molecule has 2 aromatic rings. The quantitative estimate of drug-likeness (QED) is 0.739. The number of nitrogens with one attached hydrogen (secondary N) is 1. The molecule has 166 valence electrons. The zero-order chi connectivity index (χ0) is 21.5. The Morgan fingerprint density at radius 1 is 1.03 bits per heavy atom. The van der Waals surface area contributed by atoms with Gasteiger partial charge in [0.25, 0.3) is 5.91 Å². The number of hydrogen-bond acceptors (Lipinski definition) is 5. The third-order valence-electron chi connectivity index (χ3n) is 6.73. The van der Waals surface area contributed by atoms with Gasteiger partial charge in [0.15, 0.2) is 0 Å². The van der Waals surface area contributed by atoms with E-state index in [-0.39, 0.29) is 5.91 Å². The largest absolute Gasteiger partial charge is 0.497 e. The van der Waals surface area contributed by atoms with Crippen molar-refractivity contribution in [1.82, 2.24) is 15.2 Å². The van der Waals surface area contributed by atoms with E-state index in [4.69, 9.17) is 4.74 Å². The van der Waals surface area contributed by atoms with E-state index in [1.54, 1.807) is 7.11 Å². The lowest BCUT2D eigenvalue weighted by molar-refractivity contribution is 0.0919. The molecule has 1 saturated carbocycles. The van der Waals surface area contributed by atoms with E-state index in [1.807, 2.05) is 36.5 Å². The van der Waals surface area contributed by atoms with Crippen LogP contribution in [-0.2, 0) is 0 Å². The van der Waals surface area contributed by atoms with Crippen LogP contribution in [0, 0.1) is 5.92 Å². The molecule has 1 aliphatic carbocycles. The number of anilines is 1. The van der Waals surface area contributed by atoms with Gasteiger partial charge in [0.2, 0.25) is 0 Å². The monoisotopic (exact) mass is 422 g/mol. The van der Waals surface area contributed by atoms with Gasteiger partial charge >= 0.3 is 0 Å². The minimum atomic E-state index is 0.0249. The Balaban J connectivity index is 1.13. The molecule has 0 atom stereocenters. The van der Waals surface area contributed by atoms with Crippen molar-refractivity contribution in [3.63, 3.8) is 0 Å². The smallest absolute Gasteiger partial charge is 0.251 e. The summed E-state index contributed by atoms with van der Waals surface area (Å²) in [7, 11) is 1.63. The molecule has 6 nitrogen and oxygen atoms in total. The topological polar surface area (TPSA) is 57.7 Å². The minimum Gasteiger partial charge on any atom is -0.497 e. The molecule has 1 aromatic heterocycles. The van der Waals surface area contributed by atoms with Crippen molar-refractivity contribution < 1.29 is 9.53 Å². The average molecular weight is 423 g/mol. The van der Waals surface area contributed by atoms with Gasteiger partial charge in [0, 0.05) is 44.0 Å². The minimum absolute atomic E-state index is 0.0249. The molecule has 0 spiro atoms. The van der Waals surface area contributed by atoms with Crippen LogP contribution in [0.3, 0.4) is 0 Å². The van der Waals surface area contributed by atoms with Crippen molar-refractivity contribution in [2.75, 3.05) is 44.7 Å². The zero-order valence-corrected chi connectivity index (χ0v) is 18.5. The molecule has 1 N–H and O–H groups in total. The maximum atomic E-state index is 12.5. The van der Waals surface area contributed by atoms with Gasteiger partial charge in [0.05, 0.1) is 7.11 Å². The van der Waals surface area contributed by atoms with Crippen LogP contribution in [0.2, 0.25) is 0 Å². The highest BCUT2D eigenvalue weighted by atomic mass is 16.5. The number of hydrogen-bond donors (Lipinski definition) is 1. The molecule has 2 heterocycles. The summed E-state index contributed by atoms with van der Waals surface area (Å²) in [6, 6.07) is 13.8. The fourth-order valence-electron chi connectivity index (χ4n) is 4.71. The Morgan fingerprint density at radius 2 is 1.77 bits per heavy atom. The van der Waals surface area contributed by atoms with Gasteiger partial charge in [-0.25, -0.2) is 4.98 Å². The summed E-state index contributed by atoms with van der Waals surface area (Å²) in [4.78, 5) is 21.9. The first-order valence-electron chi connectivity index (χ1n) is 11.5. The normalized spacial score (nSPS) is 22.2. The second kappa shape index (κ2) is 10.6. The molecule has 6 heteroatoms. The fraction of sp³-hybridized carbons (Fsp3) is 0.520. The van der Waals surface area contributed by atoms with Crippen LogP contribution in [0.25, 0.3) is 0 Å². The number of carbonyl (C=O) groups excluding carboxylic acids is 1. The molecule has 2 fully saturated rings. The lowest BCUT2D eigenvalue weighted by Gasteiger charge is -2.36. The van der Waals surface area contributed by atoms with Crippen LogP contribution >= 0.6 is 0 Å². The number of rotatable bonds is 7. The standard InChI is InChI=1S/C25H34N4O2/c1-31-23-11-7-21(8-12-23)25(30)27-22-9-5-20(6-10-22)13-15-28-16-18-29(19-17-28)24-4-2-3-14-26-24/h2-4,7-8,11-12,14,20,22H,5-6,9-10,13,15-19H2,1H3,(H,27,30). The number of carbonyl (C=O) groups is 1. The van der Waals surface area contributed by atoms with Gasteiger partial charge in [-0.1, -0.05) is 6.07 Å². The number of aromatic nitrogens is 1. The Bertz CT molecular complexity index is 811. The van der Waals surface area contributed by atoms with Gasteiger partial charge in [-0.2, -0.15) is 0 Å². The van der Waals surface area contributed by atoms with E-state index < -0.39 is 0 Å². The van der Waals surface area contributed by atoms with Gasteiger partial charge in [-0.05, 0) is 81.0 Å². The zero-order valence-electron chi connectivity index (χ0n) is 18.5. The summed E-state index contributed by atoms with van der Waals surface area (Å²) in [5.74, 6) is 2.67. The number of ether oxygens (including phenoxy) is 1. The van der Waals surface area contributed by atoms with Gasteiger partial charge in [0.1, 0.15) is 11.6 Å². The van der Waals surface area contributed by atoms with Crippen LogP contribution in [0.1, 0.15) is 42.5 Å². The third kappa shape index (κ3) is 5.97. The van der Waals surface area contributed by atoms with E-state index in [2.05, 4.69) is 32.2 Å². The maximum Gasteiger partial charge on any atom is 0.251 e. The average Bonchev–Trinajstić information content (AvgIpc) is 2.84. The van der Waals surface area contributed by atoms with Crippen LogP contribution in [-0.4, -0.2) is 61.7 Å². The van der Waals surface area contributed by atoms with E-state index in [0.29, 0.717) is 11.6 Å². The Kier molecular flexibility index (Phi) is 7.41. The Labute approximate surface area is 185 Å². The highest BCUT2D eigenvalue weighted by molar-refractivity contribution is 5.94. The Hall–Kier alpha value is -2.60. The first-order valence-corrected chi connectivity index (χ1v) is 11.5. The van der Waals surface area contributed by atoms with Crippen molar-refractivity contribution in [2.45, 2.75) is 38.1 Å². The molecule has 0 unspecified atom stereocenters. The Morgan fingerprint density at radius 3 is 2.42 bits per heavy atom. The molecule has 2 aliphatic rings. The predicted octanol–water partition coefficient (Wildman–Crippen LogP) is 3.59. The highest BCUT2D eigenvalue weighted by Gasteiger charge is 2.24. The van der Waals surface area contributed by atoms with Crippen LogP contribution in [0.15, 0.2) is 48.7 Å². The SMILES string of the molecule is COc1ccc(C(=O)NC2CCC(CCN3CCN(c4ccccn4)CC3)CC2)cc1. The van der Waals surface area contributed by atoms with Crippen molar-refractivity contribution in [3.05, 3.63) is 54.2 Å². The first-order chi connectivity index (χ1) is 15.2. The molecule has 0 radical (unpaired) electrons. The number of amides is 1. The van der Waals surface area contributed by atoms with Crippen LogP contribution in [0.4, 0.5) is 5.82 Å². The summed E-state index contributed by atoms with van der Waals surface area (Å²) in [5, 5.41) is 3.22. The number of benzene rings is 1. The molecule has 1 aliphatic heterocycles. The predicted molar refractivity (Wildman–Crippen MR) is 124 cm³/mol. The summed E-state index contributed by atoms with van der Waals surface area (Å²) in [6.07, 6.45) is 7.73. The molecule has 4 rings (SSSR count). The van der Waals surface area contributed by atoms with Crippen LogP contribution in [0.5, 0.6) is 5.75 Å². The lowest BCUT2D eigenvalue weighted by Crippen LogP contribution is -2.47. The second-order valence-corrected chi connectivity index (χ2v) is 8.72. The van der Waals surface area contributed by atoms with Gasteiger partial charge < -0.3 is 15.0 Å². The third-order valence-corrected chi connectivity index (χ3v) is 6.73. The number of pyridine rings is 1. The van der Waals surface area contributed by atoms with Crippen molar-refractivity contribution in [3.8, 4) is 5.75 Å². The number of piperazine rings is 1. The van der Waals surface area contributed by atoms with E-state index >= 15 is 0 Å². The summed E-state index contributed by atoms with van der Waals surface area (Å²) >= 11 is 0. The molecular weight excluding hydrogens is 388 g/mol. The van der Waals surface area contributed by atoms with Gasteiger partial charge in [-0.3, -0.25) is 9.69 Å².